The predicted octanol–water partition coefficient (Wildman–Crippen LogP) is 0.889. The lowest BCUT2D eigenvalue weighted by Gasteiger charge is -2.34. The number of nitrogens with one attached hydrogen (secondary N) is 1. The van der Waals surface area contributed by atoms with Crippen molar-refractivity contribution in [3.8, 4) is 0 Å². The number of amides is 2. The number of benzene rings is 1. The Hall–Kier alpha value is -1.88. The van der Waals surface area contributed by atoms with Crippen LogP contribution < -0.4 is 5.32 Å². The average molecular weight is 289 g/mol. The summed E-state index contributed by atoms with van der Waals surface area (Å²) in [5, 5.41) is 2.70. The van der Waals surface area contributed by atoms with Gasteiger partial charge in [-0.1, -0.05) is 24.6 Å². The van der Waals surface area contributed by atoms with E-state index in [0.717, 1.165) is 38.3 Å². The second-order valence-electron chi connectivity index (χ2n) is 5.37. The van der Waals surface area contributed by atoms with Gasteiger partial charge in [0, 0.05) is 31.7 Å². The van der Waals surface area contributed by atoms with E-state index in [4.69, 9.17) is 0 Å². The van der Waals surface area contributed by atoms with Gasteiger partial charge in [-0.15, -0.1) is 0 Å². The second kappa shape index (κ2) is 7.22. The molecule has 0 saturated carbocycles. The summed E-state index contributed by atoms with van der Waals surface area (Å²) in [4.78, 5) is 28.2. The molecular formula is C16H23N3O2. The lowest BCUT2D eigenvalue weighted by molar-refractivity contribution is -0.131. The molecule has 0 aromatic heterocycles. The normalized spacial score (nSPS) is 15.8. The first-order valence-corrected chi connectivity index (χ1v) is 7.45. The third-order valence-electron chi connectivity index (χ3n) is 3.85. The van der Waals surface area contributed by atoms with Crippen LogP contribution in [0.3, 0.4) is 0 Å². The highest BCUT2D eigenvalue weighted by atomic mass is 16.2. The Balaban J connectivity index is 1.80. The standard InChI is InChI=1S/C16H23N3O2/c1-3-18-7-9-19(10-8-18)15(20)12-17-16(21)14-6-4-5-13(2)11-14/h4-6,11H,3,7-10,12H2,1-2H3,(H,17,21). The van der Waals surface area contributed by atoms with E-state index in [0.29, 0.717) is 5.56 Å². The zero-order valence-electron chi connectivity index (χ0n) is 12.8. The van der Waals surface area contributed by atoms with Gasteiger partial charge in [0.25, 0.3) is 5.91 Å². The van der Waals surface area contributed by atoms with Gasteiger partial charge in [-0.05, 0) is 25.6 Å². The van der Waals surface area contributed by atoms with Crippen LogP contribution in [0.1, 0.15) is 22.8 Å². The molecule has 114 valence electrons. The fourth-order valence-electron chi connectivity index (χ4n) is 2.47. The number of nitrogens with zero attached hydrogens (tertiary/aromatic N) is 2. The lowest BCUT2D eigenvalue weighted by atomic mass is 10.1. The fraction of sp³-hybridized carbons (Fsp3) is 0.500. The van der Waals surface area contributed by atoms with Gasteiger partial charge in [0.05, 0.1) is 6.54 Å². The lowest BCUT2D eigenvalue weighted by Crippen LogP contribution is -2.51. The summed E-state index contributed by atoms with van der Waals surface area (Å²) in [6.07, 6.45) is 0. The number of carbonyl (C=O) groups is 2. The maximum absolute atomic E-state index is 12.1. The largest absolute Gasteiger partial charge is 0.343 e. The Morgan fingerprint density at radius 2 is 1.90 bits per heavy atom. The molecule has 0 aliphatic carbocycles. The minimum Gasteiger partial charge on any atom is -0.343 e. The van der Waals surface area contributed by atoms with Crippen LogP contribution in [0.15, 0.2) is 24.3 Å². The fourth-order valence-corrected chi connectivity index (χ4v) is 2.47. The molecule has 2 amide bonds. The monoisotopic (exact) mass is 289 g/mol. The second-order valence-corrected chi connectivity index (χ2v) is 5.37. The molecular weight excluding hydrogens is 266 g/mol. The van der Waals surface area contributed by atoms with E-state index in [1.165, 1.54) is 0 Å². The average Bonchev–Trinajstić information content (AvgIpc) is 2.52. The smallest absolute Gasteiger partial charge is 0.251 e. The molecule has 0 spiro atoms. The van der Waals surface area contributed by atoms with E-state index in [1.807, 2.05) is 30.0 Å². The number of hydrogen-bond donors (Lipinski definition) is 1. The van der Waals surface area contributed by atoms with Crippen molar-refractivity contribution in [2.45, 2.75) is 13.8 Å². The summed E-state index contributed by atoms with van der Waals surface area (Å²) in [6.45, 7) is 8.46. The molecule has 0 unspecified atom stereocenters. The van der Waals surface area contributed by atoms with Crippen molar-refractivity contribution >= 4 is 11.8 Å². The van der Waals surface area contributed by atoms with E-state index < -0.39 is 0 Å². The van der Waals surface area contributed by atoms with Crippen LogP contribution >= 0.6 is 0 Å². The highest BCUT2D eigenvalue weighted by molar-refractivity contribution is 5.96. The van der Waals surface area contributed by atoms with Crippen molar-refractivity contribution in [1.82, 2.24) is 15.1 Å². The van der Waals surface area contributed by atoms with Gasteiger partial charge in [0.2, 0.25) is 5.91 Å². The number of carbonyl (C=O) groups excluding carboxylic acids is 2. The van der Waals surface area contributed by atoms with Crippen molar-refractivity contribution in [2.24, 2.45) is 0 Å². The molecule has 0 atom stereocenters. The Bertz CT molecular complexity index is 508. The Labute approximate surface area is 125 Å². The van der Waals surface area contributed by atoms with Gasteiger partial charge in [0.1, 0.15) is 0 Å². The molecule has 1 saturated heterocycles. The first-order valence-electron chi connectivity index (χ1n) is 7.45. The number of rotatable bonds is 4. The summed E-state index contributed by atoms with van der Waals surface area (Å²) in [6, 6.07) is 7.36. The quantitative estimate of drug-likeness (QED) is 0.895. The van der Waals surface area contributed by atoms with Crippen LogP contribution in [-0.4, -0.2) is 60.9 Å². The third-order valence-corrected chi connectivity index (χ3v) is 3.85. The van der Waals surface area contributed by atoms with Crippen molar-refractivity contribution in [1.29, 1.82) is 0 Å². The topological polar surface area (TPSA) is 52.6 Å². The van der Waals surface area contributed by atoms with Gasteiger partial charge >= 0.3 is 0 Å². The summed E-state index contributed by atoms with van der Waals surface area (Å²) >= 11 is 0. The minimum absolute atomic E-state index is 0.00763. The third kappa shape index (κ3) is 4.29. The summed E-state index contributed by atoms with van der Waals surface area (Å²) in [5.41, 5.74) is 1.63. The molecule has 0 bridgehead atoms. The number of aryl methyl sites for hydroxylation is 1. The molecule has 1 heterocycles. The number of piperazine rings is 1. The summed E-state index contributed by atoms with van der Waals surface area (Å²) < 4.78 is 0. The molecule has 1 aromatic rings. The van der Waals surface area contributed by atoms with E-state index in [2.05, 4.69) is 17.1 Å². The molecule has 2 rings (SSSR count). The Morgan fingerprint density at radius 3 is 2.52 bits per heavy atom. The van der Waals surface area contributed by atoms with Gasteiger partial charge in [-0.25, -0.2) is 0 Å². The Kier molecular flexibility index (Phi) is 5.33. The summed E-state index contributed by atoms with van der Waals surface area (Å²) in [7, 11) is 0. The van der Waals surface area contributed by atoms with Crippen LogP contribution in [-0.2, 0) is 4.79 Å². The van der Waals surface area contributed by atoms with Crippen LogP contribution in [0.5, 0.6) is 0 Å². The van der Waals surface area contributed by atoms with Gasteiger partial charge < -0.3 is 15.1 Å². The van der Waals surface area contributed by atoms with Crippen LogP contribution in [0, 0.1) is 6.92 Å². The molecule has 1 N–H and O–H groups in total. The molecule has 5 heteroatoms. The van der Waals surface area contributed by atoms with Crippen molar-refractivity contribution in [2.75, 3.05) is 39.3 Å². The van der Waals surface area contributed by atoms with Crippen molar-refractivity contribution in [3.05, 3.63) is 35.4 Å². The van der Waals surface area contributed by atoms with Crippen molar-refractivity contribution in [3.63, 3.8) is 0 Å². The number of likely N-dealkylation sites (N-methyl/N-ethyl adjacent to an activating group) is 1. The van der Waals surface area contributed by atoms with E-state index in [9.17, 15) is 9.59 Å². The maximum atomic E-state index is 12.1. The van der Waals surface area contributed by atoms with Gasteiger partial charge in [-0.2, -0.15) is 0 Å². The molecule has 1 aliphatic rings. The van der Waals surface area contributed by atoms with Crippen molar-refractivity contribution < 1.29 is 9.59 Å². The SMILES string of the molecule is CCN1CCN(C(=O)CNC(=O)c2cccc(C)c2)CC1. The molecule has 0 radical (unpaired) electrons. The van der Waals surface area contributed by atoms with E-state index in [-0.39, 0.29) is 18.4 Å². The minimum atomic E-state index is -0.195. The predicted molar refractivity (Wildman–Crippen MR) is 82.2 cm³/mol. The van der Waals surface area contributed by atoms with E-state index in [1.54, 1.807) is 6.07 Å². The highest BCUT2D eigenvalue weighted by Crippen LogP contribution is 2.04. The molecule has 21 heavy (non-hydrogen) atoms. The molecule has 5 nitrogen and oxygen atoms in total. The molecule has 1 fully saturated rings. The van der Waals surface area contributed by atoms with E-state index >= 15 is 0 Å². The molecule has 1 aliphatic heterocycles. The van der Waals surface area contributed by atoms with Crippen LogP contribution in [0.2, 0.25) is 0 Å². The van der Waals surface area contributed by atoms with Gasteiger partial charge in [-0.3, -0.25) is 9.59 Å². The van der Waals surface area contributed by atoms with Crippen LogP contribution in [0.25, 0.3) is 0 Å². The number of hydrogen-bond acceptors (Lipinski definition) is 3. The highest BCUT2D eigenvalue weighted by Gasteiger charge is 2.20. The zero-order chi connectivity index (χ0) is 15.2. The Morgan fingerprint density at radius 1 is 1.19 bits per heavy atom. The van der Waals surface area contributed by atoms with Gasteiger partial charge in [0.15, 0.2) is 0 Å². The zero-order valence-corrected chi connectivity index (χ0v) is 12.8. The summed E-state index contributed by atoms with van der Waals surface area (Å²) in [5.74, 6) is -0.203. The first-order chi connectivity index (χ1) is 10.1. The first kappa shape index (κ1) is 15.5. The molecule has 1 aromatic carbocycles. The maximum Gasteiger partial charge on any atom is 0.251 e. The van der Waals surface area contributed by atoms with Crippen LogP contribution in [0.4, 0.5) is 0 Å².